The molecule has 0 aliphatic rings. The minimum absolute atomic E-state index is 0.228. The van der Waals surface area contributed by atoms with Gasteiger partial charge in [-0.25, -0.2) is 4.39 Å². The molecule has 0 radical (unpaired) electrons. The Balaban J connectivity index is 2.18. The average Bonchev–Trinajstić information content (AvgIpc) is 2.45. The van der Waals surface area contributed by atoms with Gasteiger partial charge in [0.2, 0.25) is 0 Å². The smallest absolute Gasteiger partial charge is 0.123 e. The first-order chi connectivity index (χ1) is 9.97. The maximum atomic E-state index is 13.4. The predicted molar refractivity (Wildman–Crippen MR) is 87.2 cm³/mol. The van der Waals surface area contributed by atoms with Crippen molar-refractivity contribution >= 4 is 17.2 Å². The van der Waals surface area contributed by atoms with Crippen LogP contribution in [0.3, 0.4) is 0 Å². The van der Waals surface area contributed by atoms with Crippen molar-refractivity contribution < 1.29 is 9.13 Å². The molecule has 110 valence electrons. The number of rotatable bonds is 5. The van der Waals surface area contributed by atoms with Crippen molar-refractivity contribution in [3.05, 3.63) is 65.0 Å². The van der Waals surface area contributed by atoms with Gasteiger partial charge in [0.05, 0.1) is 0 Å². The SMILES string of the molecule is CC(C)c1cccc(OCc2cc(F)ccc2C(N)=S)c1. The van der Waals surface area contributed by atoms with Crippen LogP contribution in [0.25, 0.3) is 0 Å². The lowest BCUT2D eigenvalue weighted by Crippen LogP contribution is -2.13. The molecule has 2 nitrogen and oxygen atoms in total. The Bertz CT molecular complexity index is 655. The van der Waals surface area contributed by atoms with Crippen LogP contribution < -0.4 is 10.5 Å². The fourth-order valence-electron chi connectivity index (χ4n) is 2.05. The highest BCUT2D eigenvalue weighted by atomic mass is 32.1. The van der Waals surface area contributed by atoms with Crippen molar-refractivity contribution in [2.24, 2.45) is 5.73 Å². The summed E-state index contributed by atoms with van der Waals surface area (Å²) < 4.78 is 19.1. The largest absolute Gasteiger partial charge is 0.489 e. The Morgan fingerprint density at radius 2 is 2.00 bits per heavy atom. The van der Waals surface area contributed by atoms with Crippen molar-refractivity contribution in [2.45, 2.75) is 26.4 Å². The second kappa shape index (κ2) is 6.68. The molecule has 0 aromatic heterocycles. The normalized spacial score (nSPS) is 10.7. The second-order valence-corrected chi connectivity index (χ2v) is 5.62. The van der Waals surface area contributed by atoms with Gasteiger partial charge < -0.3 is 10.5 Å². The van der Waals surface area contributed by atoms with Crippen LogP contribution in [0.4, 0.5) is 4.39 Å². The average molecular weight is 303 g/mol. The lowest BCUT2D eigenvalue weighted by Gasteiger charge is -2.12. The van der Waals surface area contributed by atoms with Gasteiger partial charge in [-0.2, -0.15) is 0 Å². The summed E-state index contributed by atoms with van der Waals surface area (Å²) in [7, 11) is 0. The second-order valence-electron chi connectivity index (χ2n) is 5.18. The quantitative estimate of drug-likeness (QED) is 0.842. The van der Waals surface area contributed by atoms with Crippen LogP contribution in [0.5, 0.6) is 5.75 Å². The number of nitrogens with two attached hydrogens (primary N) is 1. The van der Waals surface area contributed by atoms with Gasteiger partial charge in [-0.1, -0.05) is 38.2 Å². The van der Waals surface area contributed by atoms with Gasteiger partial charge in [-0.3, -0.25) is 0 Å². The van der Waals surface area contributed by atoms with E-state index in [0.717, 1.165) is 5.75 Å². The molecular weight excluding hydrogens is 285 g/mol. The molecule has 0 unspecified atom stereocenters. The molecule has 0 fully saturated rings. The molecule has 0 atom stereocenters. The third-order valence-electron chi connectivity index (χ3n) is 3.25. The van der Waals surface area contributed by atoms with Gasteiger partial charge in [-0.05, 0) is 41.8 Å². The van der Waals surface area contributed by atoms with Crippen LogP contribution in [-0.4, -0.2) is 4.99 Å². The van der Waals surface area contributed by atoms with E-state index in [-0.39, 0.29) is 17.4 Å². The number of ether oxygens (including phenoxy) is 1. The molecule has 21 heavy (non-hydrogen) atoms. The van der Waals surface area contributed by atoms with Crippen LogP contribution in [-0.2, 0) is 6.61 Å². The minimum atomic E-state index is -0.329. The van der Waals surface area contributed by atoms with Gasteiger partial charge in [-0.15, -0.1) is 0 Å². The Morgan fingerprint density at radius 1 is 1.24 bits per heavy atom. The minimum Gasteiger partial charge on any atom is -0.489 e. The molecule has 0 saturated carbocycles. The predicted octanol–water partition coefficient (Wildman–Crippen LogP) is 4.16. The first-order valence-corrected chi connectivity index (χ1v) is 7.19. The molecule has 0 aliphatic heterocycles. The Hall–Kier alpha value is -1.94. The highest BCUT2D eigenvalue weighted by molar-refractivity contribution is 7.80. The summed E-state index contributed by atoms with van der Waals surface area (Å²) in [5, 5.41) is 0. The number of hydrogen-bond acceptors (Lipinski definition) is 2. The summed E-state index contributed by atoms with van der Waals surface area (Å²) in [4.78, 5) is 0.240. The standard InChI is InChI=1S/C17H18FNOS/c1-11(2)12-4-3-5-15(9-12)20-10-13-8-14(18)6-7-16(13)17(19)21/h3-9,11H,10H2,1-2H3,(H2,19,21). The summed E-state index contributed by atoms with van der Waals surface area (Å²) in [6.07, 6.45) is 0. The van der Waals surface area contributed by atoms with Crippen LogP contribution in [0, 0.1) is 5.82 Å². The zero-order chi connectivity index (χ0) is 15.4. The van der Waals surface area contributed by atoms with Crippen LogP contribution in [0.1, 0.15) is 36.5 Å². The summed E-state index contributed by atoms with van der Waals surface area (Å²) in [6, 6.07) is 12.2. The maximum Gasteiger partial charge on any atom is 0.123 e. The van der Waals surface area contributed by atoms with Crippen molar-refractivity contribution in [1.29, 1.82) is 0 Å². The molecule has 2 aromatic carbocycles. The van der Waals surface area contributed by atoms with E-state index in [1.54, 1.807) is 6.07 Å². The highest BCUT2D eigenvalue weighted by Gasteiger charge is 2.08. The molecule has 2 rings (SSSR count). The van der Waals surface area contributed by atoms with Gasteiger partial charge in [0, 0.05) is 11.1 Å². The van der Waals surface area contributed by atoms with E-state index < -0.39 is 0 Å². The molecule has 0 aliphatic carbocycles. The topological polar surface area (TPSA) is 35.2 Å². The van der Waals surface area contributed by atoms with E-state index in [1.165, 1.54) is 17.7 Å². The van der Waals surface area contributed by atoms with Crippen molar-refractivity contribution in [1.82, 2.24) is 0 Å². The Kier molecular flexibility index (Phi) is 4.91. The third-order valence-corrected chi connectivity index (χ3v) is 3.47. The molecule has 2 N–H and O–H groups in total. The first-order valence-electron chi connectivity index (χ1n) is 6.78. The molecular formula is C17H18FNOS. The van der Waals surface area contributed by atoms with E-state index in [1.807, 2.05) is 18.2 Å². The number of benzene rings is 2. The molecule has 0 saturated heterocycles. The fourth-order valence-corrected chi connectivity index (χ4v) is 2.25. The number of halogens is 1. The maximum absolute atomic E-state index is 13.4. The van der Waals surface area contributed by atoms with E-state index >= 15 is 0 Å². The lowest BCUT2D eigenvalue weighted by molar-refractivity contribution is 0.305. The Morgan fingerprint density at radius 3 is 2.67 bits per heavy atom. The monoisotopic (exact) mass is 303 g/mol. The molecule has 0 spiro atoms. The van der Waals surface area contributed by atoms with Gasteiger partial charge in [0.15, 0.2) is 0 Å². The van der Waals surface area contributed by atoms with E-state index in [4.69, 9.17) is 22.7 Å². The van der Waals surface area contributed by atoms with E-state index in [2.05, 4.69) is 19.9 Å². The van der Waals surface area contributed by atoms with Gasteiger partial charge in [0.1, 0.15) is 23.2 Å². The van der Waals surface area contributed by atoms with Crippen LogP contribution in [0.15, 0.2) is 42.5 Å². The van der Waals surface area contributed by atoms with Crippen LogP contribution >= 0.6 is 12.2 Å². The van der Waals surface area contributed by atoms with Crippen LogP contribution in [0.2, 0.25) is 0 Å². The summed E-state index contributed by atoms with van der Waals surface area (Å²) >= 11 is 4.98. The zero-order valence-corrected chi connectivity index (χ0v) is 12.9. The summed E-state index contributed by atoms with van der Waals surface area (Å²) in [5.41, 5.74) is 8.14. The van der Waals surface area contributed by atoms with Crippen molar-refractivity contribution in [3.63, 3.8) is 0 Å². The molecule has 0 bridgehead atoms. The third kappa shape index (κ3) is 4.02. The molecule has 4 heteroatoms. The molecule has 0 heterocycles. The lowest BCUT2D eigenvalue weighted by atomic mass is 10.0. The summed E-state index contributed by atoms with van der Waals surface area (Å²) in [5.74, 6) is 0.846. The van der Waals surface area contributed by atoms with Gasteiger partial charge in [0.25, 0.3) is 0 Å². The number of thiocarbonyl (C=S) groups is 1. The van der Waals surface area contributed by atoms with E-state index in [9.17, 15) is 4.39 Å². The first kappa shape index (κ1) is 15.4. The molecule has 0 amide bonds. The van der Waals surface area contributed by atoms with Crippen molar-refractivity contribution in [3.8, 4) is 5.75 Å². The number of hydrogen-bond donors (Lipinski definition) is 1. The van der Waals surface area contributed by atoms with Gasteiger partial charge >= 0.3 is 0 Å². The summed E-state index contributed by atoms with van der Waals surface area (Å²) in [6.45, 7) is 4.47. The molecule has 2 aromatic rings. The fraction of sp³-hybridized carbons (Fsp3) is 0.235. The van der Waals surface area contributed by atoms with Crippen molar-refractivity contribution in [2.75, 3.05) is 0 Å². The highest BCUT2D eigenvalue weighted by Crippen LogP contribution is 2.22. The zero-order valence-electron chi connectivity index (χ0n) is 12.1. The Labute approximate surface area is 129 Å². The van der Waals surface area contributed by atoms with E-state index in [0.29, 0.717) is 17.0 Å².